The summed E-state index contributed by atoms with van der Waals surface area (Å²) < 4.78 is 6.28. The molecule has 220 valence electrons. The van der Waals surface area contributed by atoms with Crippen LogP contribution in [0.4, 0.5) is 5.82 Å². The average Bonchev–Trinajstić information content (AvgIpc) is 2.98. The lowest BCUT2D eigenvalue weighted by Crippen LogP contribution is -2.50. The predicted octanol–water partition coefficient (Wildman–Crippen LogP) is 6.72. The van der Waals surface area contributed by atoms with Crippen molar-refractivity contribution in [3.05, 3.63) is 64.3 Å². The Hall–Kier alpha value is -2.42. The molecule has 2 aliphatic rings. The van der Waals surface area contributed by atoms with Crippen LogP contribution in [-0.4, -0.2) is 71.6 Å². The molecule has 2 N–H and O–H groups in total. The van der Waals surface area contributed by atoms with Crippen molar-refractivity contribution in [2.75, 3.05) is 50.7 Å². The first-order valence-electron chi connectivity index (χ1n) is 15.0. The van der Waals surface area contributed by atoms with E-state index in [0.717, 1.165) is 87.8 Å². The number of pyridine rings is 2. The van der Waals surface area contributed by atoms with Crippen molar-refractivity contribution in [3.8, 4) is 22.9 Å². The Balaban J connectivity index is 1.31. The lowest BCUT2D eigenvalue weighted by molar-refractivity contribution is 0.175. The molecule has 41 heavy (non-hydrogen) atoms. The molecule has 0 saturated carbocycles. The second-order valence-electron chi connectivity index (χ2n) is 11.3. The van der Waals surface area contributed by atoms with Gasteiger partial charge in [0.2, 0.25) is 5.88 Å². The topological polar surface area (TPSA) is 70.8 Å². The highest BCUT2D eigenvalue weighted by Crippen LogP contribution is 2.31. The van der Waals surface area contributed by atoms with Crippen molar-refractivity contribution < 1.29 is 4.74 Å². The Morgan fingerprint density at radius 3 is 2.24 bits per heavy atom. The largest absolute Gasteiger partial charge is 0.437 e. The molecule has 0 unspecified atom stereocenters. The quantitative estimate of drug-likeness (QED) is 0.278. The van der Waals surface area contributed by atoms with Crippen LogP contribution < -0.4 is 15.4 Å². The fourth-order valence-electron chi connectivity index (χ4n) is 6.05. The third kappa shape index (κ3) is 7.90. The molecule has 2 aromatic heterocycles. The minimum atomic E-state index is 0.527. The highest BCUT2D eigenvalue weighted by atomic mass is 35.5. The van der Waals surface area contributed by atoms with Crippen LogP contribution >= 0.6 is 23.2 Å². The molecule has 0 aliphatic carbocycles. The number of nitrogens with zero attached hydrogens (tertiary/aromatic N) is 5. The standard InChI is InChI=1S/C32H42Cl2N6O/c1-3-28(4-2)39-11-13-40(14-12-39)31-6-5-29(21-36-31)41-32-16-24(22-38-9-7-23(20-35)8-10-38)15-30(37-32)25-17-26(33)19-27(34)18-25/h5-6,15-19,21,23,28H,3-4,7-14,20,22,35H2,1-2H3. The molecule has 2 aliphatic heterocycles. The molecule has 3 aromatic rings. The van der Waals surface area contributed by atoms with Gasteiger partial charge in [0, 0.05) is 60.4 Å². The van der Waals surface area contributed by atoms with Crippen LogP contribution in [0, 0.1) is 5.92 Å². The predicted molar refractivity (Wildman–Crippen MR) is 169 cm³/mol. The maximum absolute atomic E-state index is 6.33. The van der Waals surface area contributed by atoms with E-state index in [-0.39, 0.29) is 0 Å². The molecule has 9 heteroatoms. The Labute approximate surface area is 254 Å². The zero-order valence-electron chi connectivity index (χ0n) is 24.2. The van der Waals surface area contributed by atoms with Crippen molar-refractivity contribution in [2.45, 2.75) is 52.1 Å². The van der Waals surface area contributed by atoms with Gasteiger partial charge >= 0.3 is 0 Å². The zero-order valence-corrected chi connectivity index (χ0v) is 25.7. The molecule has 0 spiro atoms. The van der Waals surface area contributed by atoms with Gasteiger partial charge in [-0.25, -0.2) is 9.97 Å². The number of hydrogen-bond acceptors (Lipinski definition) is 7. The van der Waals surface area contributed by atoms with Crippen LogP contribution in [-0.2, 0) is 6.54 Å². The lowest BCUT2D eigenvalue weighted by atomic mass is 9.97. The number of piperazine rings is 1. The molecular weight excluding hydrogens is 555 g/mol. The number of benzene rings is 1. The monoisotopic (exact) mass is 596 g/mol. The Morgan fingerprint density at radius 2 is 1.63 bits per heavy atom. The Kier molecular flexibility index (Phi) is 10.4. The van der Waals surface area contributed by atoms with Gasteiger partial charge < -0.3 is 15.4 Å². The molecule has 0 amide bonds. The highest BCUT2D eigenvalue weighted by Gasteiger charge is 2.23. The van der Waals surface area contributed by atoms with Gasteiger partial charge in [0.1, 0.15) is 11.6 Å². The molecule has 0 bridgehead atoms. The molecule has 0 radical (unpaired) electrons. The fraction of sp³-hybridized carbons (Fsp3) is 0.500. The molecule has 2 saturated heterocycles. The third-order valence-corrected chi connectivity index (χ3v) is 8.94. The Bertz CT molecular complexity index is 1250. The number of anilines is 1. The molecule has 0 atom stereocenters. The van der Waals surface area contributed by atoms with Gasteiger partial charge in [0.25, 0.3) is 0 Å². The molecular formula is C32H42Cl2N6O. The van der Waals surface area contributed by atoms with E-state index in [0.29, 0.717) is 33.6 Å². The summed E-state index contributed by atoms with van der Waals surface area (Å²) in [5.74, 6) is 2.79. The number of halogens is 2. The van der Waals surface area contributed by atoms with Crippen molar-refractivity contribution in [3.63, 3.8) is 0 Å². The number of aromatic nitrogens is 2. The van der Waals surface area contributed by atoms with E-state index in [1.807, 2.05) is 30.3 Å². The summed E-state index contributed by atoms with van der Waals surface area (Å²) in [6.45, 7) is 12.3. The number of likely N-dealkylation sites (tertiary alicyclic amines) is 1. The molecule has 2 fully saturated rings. The molecule has 5 rings (SSSR count). The lowest BCUT2D eigenvalue weighted by Gasteiger charge is -2.39. The number of hydrogen-bond donors (Lipinski definition) is 1. The molecule has 4 heterocycles. The van der Waals surface area contributed by atoms with Gasteiger partial charge in [0.05, 0.1) is 11.9 Å². The summed E-state index contributed by atoms with van der Waals surface area (Å²) in [5, 5.41) is 1.15. The van der Waals surface area contributed by atoms with Crippen LogP contribution in [0.5, 0.6) is 11.6 Å². The second-order valence-corrected chi connectivity index (χ2v) is 12.1. The number of piperidine rings is 1. The SMILES string of the molecule is CCC(CC)N1CCN(c2ccc(Oc3cc(CN4CCC(CN)CC4)cc(-c4cc(Cl)cc(Cl)c4)n3)cn2)CC1. The normalized spacial score (nSPS) is 17.4. The zero-order chi connectivity index (χ0) is 28.8. The van der Waals surface area contributed by atoms with Crippen LogP contribution in [0.15, 0.2) is 48.7 Å². The fourth-order valence-corrected chi connectivity index (χ4v) is 6.58. The number of nitrogens with two attached hydrogens (primary N) is 1. The van der Waals surface area contributed by atoms with E-state index < -0.39 is 0 Å². The summed E-state index contributed by atoms with van der Waals surface area (Å²) in [7, 11) is 0. The van der Waals surface area contributed by atoms with E-state index in [9.17, 15) is 0 Å². The van der Waals surface area contributed by atoms with Gasteiger partial charge in [-0.3, -0.25) is 9.80 Å². The van der Waals surface area contributed by atoms with Crippen LogP contribution in [0.1, 0.15) is 45.1 Å². The van der Waals surface area contributed by atoms with Crippen LogP contribution in [0.3, 0.4) is 0 Å². The summed E-state index contributed by atoms with van der Waals surface area (Å²) in [6.07, 6.45) is 6.47. The van der Waals surface area contributed by atoms with Crippen LogP contribution in [0.25, 0.3) is 11.3 Å². The summed E-state index contributed by atoms with van der Waals surface area (Å²) >= 11 is 12.7. The minimum absolute atomic E-state index is 0.527. The number of rotatable bonds is 10. The minimum Gasteiger partial charge on any atom is -0.437 e. The van der Waals surface area contributed by atoms with Crippen molar-refractivity contribution >= 4 is 29.0 Å². The van der Waals surface area contributed by atoms with E-state index >= 15 is 0 Å². The van der Waals surface area contributed by atoms with Crippen molar-refractivity contribution in [1.82, 2.24) is 19.8 Å². The molecule has 7 nitrogen and oxygen atoms in total. The first-order chi connectivity index (χ1) is 19.9. The maximum Gasteiger partial charge on any atom is 0.220 e. The van der Waals surface area contributed by atoms with Gasteiger partial charge in [-0.1, -0.05) is 37.0 Å². The summed E-state index contributed by atoms with van der Waals surface area (Å²) in [6, 6.07) is 14.3. The van der Waals surface area contributed by atoms with Crippen molar-refractivity contribution in [2.24, 2.45) is 11.7 Å². The van der Waals surface area contributed by atoms with E-state index in [4.69, 9.17) is 43.6 Å². The van der Waals surface area contributed by atoms with Gasteiger partial charge in [-0.2, -0.15) is 0 Å². The summed E-state index contributed by atoms with van der Waals surface area (Å²) in [5.41, 5.74) is 8.67. The van der Waals surface area contributed by atoms with E-state index in [2.05, 4.69) is 34.6 Å². The Morgan fingerprint density at radius 1 is 0.927 bits per heavy atom. The second kappa shape index (κ2) is 14.2. The van der Waals surface area contributed by atoms with Crippen LogP contribution in [0.2, 0.25) is 10.0 Å². The van der Waals surface area contributed by atoms with Gasteiger partial charge in [-0.15, -0.1) is 0 Å². The first kappa shape index (κ1) is 30.1. The average molecular weight is 598 g/mol. The van der Waals surface area contributed by atoms with Gasteiger partial charge in [0.15, 0.2) is 0 Å². The smallest absolute Gasteiger partial charge is 0.220 e. The highest BCUT2D eigenvalue weighted by molar-refractivity contribution is 6.35. The van der Waals surface area contributed by atoms with Crippen molar-refractivity contribution in [1.29, 1.82) is 0 Å². The maximum atomic E-state index is 6.33. The van der Waals surface area contributed by atoms with E-state index in [1.54, 1.807) is 12.3 Å². The van der Waals surface area contributed by atoms with Gasteiger partial charge in [-0.05, 0) is 93.2 Å². The van der Waals surface area contributed by atoms with E-state index in [1.165, 1.54) is 12.8 Å². The first-order valence-corrected chi connectivity index (χ1v) is 15.7. The third-order valence-electron chi connectivity index (χ3n) is 8.51. The number of ether oxygens (including phenoxy) is 1. The molecule has 1 aromatic carbocycles. The summed E-state index contributed by atoms with van der Waals surface area (Å²) in [4.78, 5) is 17.0.